The quantitative estimate of drug-likeness (QED) is 0.868. The fraction of sp³-hybridized carbons (Fsp3) is 0.500. The smallest absolute Gasteiger partial charge is 0.235 e. The molecule has 1 saturated heterocycles. The molecule has 2 rings (SSSR count). The minimum Gasteiger partial charge on any atom is -0.283 e. The van der Waals surface area contributed by atoms with Crippen LogP contribution in [0.2, 0.25) is 0 Å². The Morgan fingerprint density at radius 1 is 1.25 bits per heavy atom. The van der Waals surface area contributed by atoms with Gasteiger partial charge in [0, 0.05) is 4.47 Å². The summed E-state index contributed by atoms with van der Waals surface area (Å²) in [5.41, 5.74) is 1.33. The normalized spacial score (nSPS) is 19.7. The number of sulfonamides is 1. The molecule has 0 unspecified atom stereocenters. The third-order valence-corrected chi connectivity index (χ3v) is 7.89. The Labute approximate surface area is 127 Å². The molecule has 0 bridgehead atoms. The lowest BCUT2D eigenvalue weighted by Gasteiger charge is -2.23. The summed E-state index contributed by atoms with van der Waals surface area (Å²) in [6, 6.07) is 5.28. The van der Waals surface area contributed by atoms with Gasteiger partial charge in [0.15, 0.2) is 0 Å². The molecule has 1 aliphatic rings. The summed E-state index contributed by atoms with van der Waals surface area (Å²) in [6.07, 6.45) is 0.315. The first-order valence-corrected chi connectivity index (χ1v) is 10.3. The van der Waals surface area contributed by atoms with Crippen LogP contribution in [0.3, 0.4) is 0 Å². The van der Waals surface area contributed by atoms with Crippen LogP contribution >= 0.6 is 15.9 Å². The number of nitrogens with one attached hydrogen (secondary N) is 1. The molecule has 20 heavy (non-hydrogen) atoms. The fourth-order valence-corrected chi connectivity index (χ4v) is 5.84. The Kier molecular flexibility index (Phi) is 4.46. The van der Waals surface area contributed by atoms with E-state index in [1.807, 2.05) is 13.0 Å². The molecule has 112 valence electrons. The van der Waals surface area contributed by atoms with Gasteiger partial charge in [-0.3, -0.25) is 4.72 Å². The van der Waals surface area contributed by atoms with E-state index in [2.05, 4.69) is 20.7 Å². The number of hydrogen-bond donors (Lipinski definition) is 1. The topological polar surface area (TPSA) is 80.3 Å². The van der Waals surface area contributed by atoms with E-state index in [1.165, 1.54) is 0 Å². The Hall–Kier alpha value is -0.600. The average Bonchev–Trinajstić information content (AvgIpc) is 2.34. The number of hydrogen-bond acceptors (Lipinski definition) is 4. The van der Waals surface area contributed by atoms with E-state index >= 15 is 0 Å². The van der Waals surface area contributed by atoms with Crippen molar-refractivity contribution in [1.82, 2.24) is 0 Å². The van der Waals surface area contributed by atoms with Crippen LogP contribution in [0.4, 0.5) is 5.69 Å². The van der Waals surface area contributed by atoms with E-state index in [0.717, 1.165) is 10.0 Å². The van der Waals surface area contributed by atoms with Crippen molar-refractivity contribution in [3.8, 4) is 0 Å². The Morgan fingerprint density at radius 2 is 1.85 bits per heavy atom. The van der Waals surface area contributed by atoms with Crippen LogP contribution in [0, 0.1) is 6.92 Å². The lowest BCUT2D eigenvalue weighted by molar-refractivity contribution is 0.555. The van der Waals surface area contributed by atoms with Crippen molar-refractivity contribution in [1.29, 1.82) is 0 Å². The monoisotopic (exact) mass is 381 g/mol. The molecule has 5 nitrogen and oxygen atoms in total. The highest BCUT2D eigenvalue weighted by molar-refractivity contribution is 9.10. The first kappa shape index (κ1) is 15.8. The van der Waals surface area contributed by atoms with Crippen molar-refractivity contribution in [2.75, 3.05) is 16.2 Å². The van der Waals surface area contributed by atoms with Gasteiger partial charge in [0.05, 0.1) is 22.4 Å². The first-order valence-electron chi connectivity index (χ1n) is 6.18. The van der Waals surface area contributed by atoms with Crippen molar-refractivity contribution < 1.29 is 16.8 Å². The summed E-state index contributed by atoms with van der Waals surface area (Å²) in [5.74, 6) is -0.119. The predicted octanol–water partition coefficient (Wildman–Crippen LogP) is 2.08. The van der Waals surface area contributed by atoms with Crippen molar-refractivity contribution >= 4 is 41.5 Å². The summed E-state index contributed by atoms with van der Waals surface area (Å²) in [5, 5.41) is -0.649. The van der Waals surface area contributed by atoms with Crippen LogP contribution < -0.4 is 4.72 Å². The van der Waals surface area contributed by atoms with E-state index in [-0.39, 0.29) is 24.3 Å². The molecule has 0 spiro atoms. The molecule has 0 aliphatic carbocycles. The van der Waals surface area contributed by atoms with Crippen LogP contribution in [-0.2, 0) is 19.9 Å². The van der Waals surface area contributed by atoms with E-state index in [1.54, 1.807) is 12.1 Å². The largest absolute Gasteiger partial charge is 0.283 e. The molecule has 1 aromatic carbocycles. The summed E-state index contributed by atoms with van der Waals surface area (Å²) < 4.78 is 50.7. The third-order valence-electron chi connectivity index (χ3n) is 3.46. The second-order valence-electron chi connectivity index (χ2n) is 4.91. The average molecular weight is 382 g/mol. The van der Waals surface area contributed by atoms with E-state index < -0.39 is 25.1 Å². The molecule has 0 saturated carbocycles. The maximum Gasteiger partial charge on any atom is 0.235 e. The molecule has 0 amide bonds. The van der Waals surface area contributed by atoms with Gasteiger partial charge in [-0.05, 0) is 37.5 Å². The number of benzene rings is 1. The van der Waals surface area contributed by atoms with Gasteiger partial charge in [0.2, 0.25) is 10.0 Å². The van der Waals surface area contributed by atoms with Gasteiger partial charge in [-0.15, -0.1) is 0 Å². The zero-order valence-electron chi connectivity index (χ0n) is 11.0. The van der Waals surface area contributed by atoms with E-state index in [4.69, 9.17) is 0 Å². The predicted molar refractivity (Wildman–Crippen MR) is 83.1 cm³/mol. The van der Waals surface area contributed by atoms with Gasteiger partial charge in [-0.1, -0.05) is 22.0 Å². The van der Waals surface area contributed by atoms with Crippen molar-refractivity contribution in [2.24, 2.45) is 0 Å². The minimum atomic E-state index is -3.56. The molecule has 1 heterocycles. The molecule has 8 heteroatoms. The van der Waals surface area contributed by atoms with Gasteiger partial charge in [-0.2, -0.15) is 0 Å². The highest BCUT2D eigenvalue weighted by Crippen LogP contribution is 2.27. The summed E-state index contributed by atoms with van der Waals surface area (Å²) in [7, 11) is -6.62. The Morgan fingerprint density at radius 3 is 2.45 bits per heavy atom. The first-order chi connectivity index (χ1) is 9.21. The highest BCUT2D eigenvalue weighted by atomic mass is 79.9. The van der Waals surface area contributed by atoms with Crippen molar-refractivity contribution in [3.05, 3.63) is 28.2 Å². The third kappa shape index (κ3) is 3.53. The summed E-state index contributed by atoms with van der Waals surface area (Å²) in [6.45, 7) is 1.81. The van der Waals surface area contributed by atoms with Crippen LogP contribution in [-0.4, -0.2) is 33.6 Å². The number of rotatable bonds is 3. The molecule has 1 aromatic rings. The Bertz CT molecular complexity index is 699. The zero-order chi connectivity index (χ0) is 15.0. The molecule has 1 fully saturated rings. The van der Waals surface area contributed by atoms with E-state index in [0.29, 0.717) is 5.69 Å². The second-order valence-corrected chi connectivity index (χ2v) is 10.0. The van der Waals surface area contributed by atoms with Gasteiger partial charge in [0.1, 0.15) is 9.84 Å². The van der Waals surface area contributed by atoms with Crippen LogP contribution in [0.15, 0.2) is 22.7 Å². The molecule has 0 radical (unpaired) electrons. The molecule has 1 aliphatic heterocycles. The SMILES string of the molecule is Cc1c(Br)cccc1NS(=O)(=O)C1CCS(=O)(=O)CC1. The maximum atomic E-state index is 12.3. The van der Waals surface area contributed by atoms with Gasteiger partial charge in [-0.25, -0.2) is 16.8 Å². The zero-order valence-corrected chi connectivity index (χ0v) is 14.2. The van der Waals surface area contributed by atoms with Gasteiger partial charge in [0.25, 0.3) is 0 Å². The molecular weight excluding hydrogens is 366 g/mol. The Balaban J connectivity index is 2.18. The molecular formula is C12H16BrNO4S2. The lowest BCUT2D eigenvalue weighted by atomic mass is 10.2. The highest BCUT2D eigenvalue weighted by Gasteiger charge is 2.33. The van der Waals surface area contributed by atoms with E-state index in [9.17, 15) is 16.8 Å². The summed E-state index contributed by atoms with van der Waals surface area (Å²) in [4.78, 5) is 0. The minimum absolute atomic E-state index is 0.0595. The van der Waals surface area contributed by atoms with Gasteiger partial charge < -0.3 is 0 Å². The fourth-order valence-electron chi connectivity index (χ4n) is 2.13. The van der Waals surface area contributed by atoms with Crippen molar-refractivity contribution in [2.45, 2.75) is 25.0 Å². The number of anilines is 1. The van der Waals surface area contributed by atoms with Gasteiger partial charge >= 0.3 is 0 Å². The number of halogens is 1. The van der Waals surface area contributed by atoms with Crippen LogP contribution in [0.25, 0.3) is 0 Å². The molecule has 1 N–H and O–H groups in total. The van der Waals surface area contributed by atoms with Crippen molar-refractivity contribution in [3.63, 3.8) is 0 Å². The lowest BCUT2D eigenvalue weighted by Crippen LogP contribution is -2.36. The molecule has 0 atom stereocenters. The second kappa shape index (κ2) is 5.65. The summed E-state index contributed by atoms with van der Waals surface area (Å²) >= 11 is 3.35. The van der Waals surface area contributed by atoms with Crippen LogP contribution in [0.1, 0.15) is 18.4 Å². The van der Waals surface area contributed by atoms with Crippen LogP contribution in [0.5, 0.6) is 0 Å². The standard InChI is InChI=1S/C12H16BrNO4S2/c1-9-11(13)3-2-4-12(9)14-20(17,18)10-5-7-19(15,16)8-6-10/h2-4,10,14H,5-8H2,1H3. The molecule has 0 aromatic heterocycles. The number of sulfone groups is 1. The maximum absolute atomic E-state index is 12.3.